The first-order valence-electron chi connectivity index (χ1n) is 20.4. The van der Waals surface area contributed by atoms with Crippen LogP contribution in [0.1, 0.15) is 84.8 Å². The molecule has 0 aliphatic carbocycles. The number of likely N-dealkylation sites (tertiary alicyclic amines) is 1. The van der Waals surface area contributed by atoms with Crippen LogP contribution in [0.4, 0.5) is 27.9 Å². The number of hydrogen-bond donors (Lipinski definition) is 3. The molecule has 3 aromatic rings. The maximum Gasteiger partial charge on any atom is 0.320 e. The zero-order valence-electron chi connectivity index (χ0n) is 32.5. The van der Waals surface area contributed by atoms with E-state index < -0.39 is 5.91 Å². The second-order valence-corrected chi connectivity index (χ2v) is 16.3. The molecule has 0 bridgehead atoms. The molecule has 5 aliphatic rings. The number of carbonyl (C=O) groups is 3. The summed E-state index contributed by atoms with van der Waals surface area (Å²) in [5.74, 6) is 2.44. The first-order valence-corrected chi connectivity index (χ1v) is 20.4. The van der Waals surface area contributed by atoms with Gasteiger partial charge in [0.15, 0.2) is 11.5 Å². The van der Waals surface area contributed by atoms with Crippen LogP contribution in [-0.2, 0) is 4.79 Å². The number of rotatable bonds is 10. The van der Waals surface area contributed by atoms with Crippen molar-refractivity contribution in [2.45, 2.75) is 69.2 Å². The highest BCUT2D eigenvalue weighted by molar-refractivity contribution is 5.96. The Morgan fingerprint density at radius 3 is 2.30 bits per heavy atom. The van der Waals surface area contributed by atoms with Crippen LogP contribution in [-0.4, -0.2) is 119 Å². The van der Waals surface area contributed by atoms with E-state index in [-0.39, 0.29) is 29.6 Å². The number of hydrogen-bond acceptors (Lipinski definition) is 10. The van der Waals surface area contributed by atoms with Crippen LogP contribution in [0.15, 0.2) is 61.1 Å². The van der Waals surface area contributed by atoms with Crippen LogP contribution in [0.2, 0.25) is 0 Å². The predicted octanol–water partition coefficient (Wildman–Crippen LogP) is 4.65. The highest BCUT2D eigenvalue weighted by Crippen LogP contribution is 2.33. The Morgan fingerprint density at radius 1 is 0.857 bits per heavy atom. The molecule has 0 unspecified atom stereocenters. The third-order valence-electron chi connectivity index (χ3n) is 12.6. The van der Waals surface area contributed by atoms with E-state index in [2.05, 4.69) is 61.2 Å². The summed E-state index contributed by atoms with van der Waals surface area (Å²) in [4.78, 5) is 62.4. The molecule has 5 saturated heterocycles. The Bertz CT molecular complexity index is 1910. The quantitative estimate of drug-likeness (QED) is 0.266. The van der Waals surface area contributed by atoms with Crippen LogP contribution in [0, 0.1) is 5.92 Å². The second-order valence-electron chi connectivity index (χ2n) is 16.3. The molecule has 14 nitrogen and oxygen atoms in total. The zero-order valence-corrected chi connectivity index (χ0v) is 32.5. The Balaban J connectivity index is 0.807. The first kappa shape index (κ1) is 37.7. The maximum absolute atomic E-state index is 12.7. The van der Waals surface area contributed by atoms with Gasteiger partial charge in [0, 0.05) is 70.4 Å². The third-order valence-corrected chi connectivity index (χ3v) is 12.6. The molecule has 0 radical (unpaired) electrons. The van der Waals surface area contributed by atoms with Crippen molar-refractivity contribution in [1.29, 1.82) is 0 Å². The van der Waals surface area contributed by atoms with E-state index in [1.165, 1.54) is 5.56 Å². The third kappa shape index (κ3) is 8.30. The fourth-order valence-electron chi connectivity index (χ4n) is 9.24. The second kappa shape index (κ2) is 16.5. The fraction of sp³-hybridized carbons (Fsp3) is 0.524. The number of carbonyl (C=O) groups excluding carboxylic acids is 3. The Labute approximate surface area is 329 Å². The van der Waals surface area contributed by atoms with E-state index in [4.69, 9.17) is 15.7 Å². The number of allylic oxidation sites excluding steroid dienone is 1. The highest BCUT2D eigenvalue weighted by Gasteiger charge is 2.35. The number of nitrogens with zero attached hydrogens (tertiary/aromatic N) is 8. The molecule has 0 saturated carbocycles. The number of aromatic nitrogens is 3. The van der Waals surface area contributed by atoms with E-state index in [1.807, 2.05) is 30.3 Å². The summed E-state index contributed by atoms with van der Waals surface area (Å²) in [6.07, 6.45) is 11.6. The van der Waals surface area contributed by atoms with E-state index >= 15 is 0 Å². The predicted molar refractivity (Wildman–Crippen MR) is 217 cm³/mol. The molecular weight excluding hydrogens is 707 g/mol. The van der Waals surface area contributed by atoms with Crippen molar-refractivity contribution in [3.63, 3.8) is 0 Å². The molecule has 8 rings (SSSR count). The van der Waals surface area contributed by atoms with Crippen molar-refractivity contribution in [2.75, 3.05) is 81.1 Å². The Hall–Kier alpha value is -5.24. The molecule has 14 heteroatoms. The van der Waals surface area contributed by atoms with Gasteiger partial charge in [-0.05, 0) is 106 Å². The summed E-state index contributed by atoms with van der Waals surface area (Å²) in [6, 6.07) is 12.8. The SMILES string of the molecule is C=C1CC[C@@H](c2ccc(N3CCC(CN4CCC(c5ccc(Nc6nc(N7CCC[C@@H](N8CCN(C)C8=O)C7)cnc6C(N)=O)cc5)CC4)CC3)nc2)C(=O)N1. The minimum atomic E-state index is -0.635. The van der Waals surface area contributed by atoms with Crippen molar-refractivity contribution in [1.82, 2.24) is 35.0 Å². The summed E-state index contributed by atoms with van der Waals surface area (Å²) < 4.78 is 0. The number of piperidine rings is 4. The van der Waals surface area contributed by atoms with Gasteiger partial charge in [0.05, 0.1) is 18.2 Å². The molecule has 296 valence electrons. The average Bonchev–Trinajstić information content (AvgIpc) is 3.56. The molecule has 7 heterocycles. The van der Waals surface area contributed by atoms with Crippen molar-refractivity contribution < 1.29 is 14.4 Å². The highest BCUT2D eigenvalue weighted by atomic mass is 16.2. The lowest BCUT2D eigenvalue weighted by Crippen LogP contribution is -2.49. The van der Waals surface area contributed by atoms with Crippen LogP contribution in [0.5, 0.6) is 0 Å². The van der Waals surface area contributed by atoms with E-state index in [9.17, 15) is 14.4 Å². The van der Waals surface area contributed by atoms with Crippen molar-refractivity contribution in [2.24, 2.45) is 11.7 Å². The van der Waals surface area contributed by atoms with Gasteiger partial charge < -0.3 is 40.9 Å². The van der Waals surface area contributed by atoms with Gasteiger partial charge in [0.25, 0.3) is 5.91 Å². The van der Waals surface area contributed by atoms with Crippen LogP contribution >= 0.6 is 0 Å². The average molecular weight is 762 g/mol. The van der Waals surface area contributed by atoms with Gasteiger partial charge in [-0.25, -0.2) is 19.7 Å². The molecule has 0 spiro atoms. The summed E-state index contributed by atoms with van der Waals surface area (Å²) in [5, 5.41) is 6.21. The van der Waals surface area contributed by atoms with Crippen LogP contribution in [0.25, 0.3) is 0 Å². The summed E-state index contributed by atoms with van der Waals surface area (Å²) in [7, 11) is 1.84. The monoisotopic (exact) mass is 761 g/mol. The minimum Gasteiger partial charge on any atom is -0.364 e. The summed E-state index contributed by atoms with van der Waals surface area (Å²) >= 11 is 0. The lowest BCUT2D eigenvalue weighted by atomic mass is 9.88. The topological polar surface area (TPSA) is 156 Å². The van der Waals surface area contributed by atoms with Gasteiger partial charge in [-0.3, -0.25) is 9.59 Å². The standard InChI is InChI=1S/C42H55N11O3/c1-28-5-11-35(41(55)46-28)32-8-12-36(44-24-32)51-20-13-29(14-21-51)26-50-18-15-31(16-19-50)30-6-9-33(10-7-30)47-40-38(39(43)54)45-25-37(48-40)52-17-3-4-34(27-52)53-23-22-49(2)42(53)56/h6-10,12,24-25,29,31,34-35H,1,3-5,11,13-23,26-27H2,2H3,(H2,43,54)(H,46,55)(H,47,48)/t34-,35+/m1/s1. The number of anilines is 4. The van der Waals surface area contributed by atoms with Gasteiger partial charge in [0.1, 0.15) is 11.6 Å². The molecule has 4 N–H and O–H groups in total. The number of urea groups is 1. The maximum atomic E-state index is 12.7. The molecule has 2 atom stereocenters. The number of likely N-dealkylation sites (N-methyl/N-ethyl adjacent to an activating group) is 1. The van der Waals surface area contributed by atoms with Crippen LogP contribution in [0.3, 0.4) is 0 Å². The van der Waals surface area contributed by atoms with Crippen LogP contribution < -0.4 is 26.2 Å². The van der Waals surface area contributed by atoms with E-state index in [0.29, 0.717) is 30.0 Å². The molecule has 56 heavy (non-hydrogen) atoms. The van der Waals surface area contributed by atoms with Gasteiger partial charge in [-0.15, -0.1) is 0 Å². The summed E-state index contributed by atoms with van der Waals surface area (Å²) in [5.41, 5.74) is 9.75. The largest absolute Gasteiger partial charge is 0.364 e. The van der Waals surface area contributed by atoms with E-state index in [0.717, 1.165) is 126 Å². The molecule has 2 aromatic heterocycles. The smallest absolute Gasteiger partial charge is 0.320 e. The number of nitrogens with two attached hydrogens (primary N) is 1. The Kier molecular flexibility index (Phi) is 11.1. The Morgan fingerprint density at radius 2 is 1.62 bits per heavy atom. The summed E-state index contributed by atoms with van der Waals surface area (Å²) in [6.45, 7) is 12.2. The number of primary amides is 1. The lowest BCUT2D eigenvalue weighted by Gasteiger charge is -2.38. The molecule has 1 aromatic carbocycles. The van der Waals surface area contributed by atoms with Gasteiger partial charge in [0.2, 0.25) is 5.91 Å². The van der Waals surface area contributed by atoms with Crippen molar-refractivity contribution >= 4 is 41.0 Å². The minimum absolute atomic E-state index is 0.0238. The lowest BCUT2D eigenvalue weighted by molar-refractivity contribution is -0.122. The number of nitrogens with one attached hydrogen (secondary N) is 2. The fourth-order valence-corrected chi connectivity index (χ4v) is 9.24. The first-order chi connectivity index (χ1) is 27.2. The van der Waals surface area contributed by atoms with Gasteiger partial charge in [-0.1, -0.05) is 24.8 Å². The number of pyridine rings is 1. The number of benzene rings is 1. The zero-order chi connectivity index (χ0) is 38.8. The van der Waals surface area contributed by atoms with Crippen molar-refractivity contribution in [3.8, 4) is 0 Å². The van der Waals surface area contributed by atoms with Gasteiger partial charge in [-0.2, -0.15) is 0 Å². The van der Waals surface area contributed by atoms with Gasteiger partial charge >= 0.3 is 6.03 Å². The molecule has 4 amide bonds. The van der Waals surface area contributed by atoms with E-state index in [1.54, 1.807) is 11.1 Å². The molecule has 5 fully saturated rings. The molecule has 5 aliphatic heterocycles. The molecular formula is C42H55N11O3. The van der Waals surface area contributed by atoms with Crippen molar-refractivity contribution in [3.05, 3.63) is 77.9 Å². The number of amides is 4. The normalized spacial score (nSPS) is 23.1.